The molecule has 0 saturated heterocycles. The van der Waals surface area contributed by atoms with Gasteiger partial charge in [-0.1, -0.05) is 42.4 Å². The van der Waals surface area contributed by atoms with Crippen LogP contribution < -0.4 is 0 Å². The Balaban J connectivity index is 3.39. The van der Waals surface area contributed by atoms with Gasteiger partial charge >= 0.3 is 0 Å². The second-order valence-electron chi connectivity index (χ2n) is 4.11. The fraction of sp³-hybridized carbons (Fsp3) is 1.00. The maximum Gasteiger partial charge on any atom is 0.186 e. The Kier molecular flexibility index (Phi) is 8.81. The van der Waals surface area contributed by atoms with Crippen molar-refractivity contribution in [2.75, 3.05) is 11.0 Å². The fourth-order valence-electron chi connectivity index (χ4n) is 1.22. The second-order valence-corrected chi connectivity index (χ2v) is 9.49. The van der Waals surface area contributed by atoms with Gasteiger partial charge in [-0.25, -0.2) is 0 Å². The van der Waals surface area contributed by atoms with Crippen LogP contribution in [0, 0.1) is 0 Å². The van der Waals surface area contributed by atoms with E-state index in [1.54, 1.807) is 0 Å². The summed E-state index contributed by atoms with van der Waals surface area (Å²) in [5.74, 6) is 0. The monoisotopic (exact) mass is 314 g/mol. The van der Waals surface area contributed by atoms with Gasteiger partial charge in [0.05, 0.1) is 0 Å². The molecular formula is C10H23IOSi. The third-order valence-corrected chi connectivity index (χ3v) is 5.46. The molecule has 0 aliphatic heterocycles. The first-order valence-electron chi connectivity index (χ1n) is 5.32. The van der Waals surface area contributed by atoms with Gasteiger partial charge in [-0.15, -0.1) is 0 Å². The highest BCUT2D eigenvalue weighted by atomic mass is 127. The smallest absolute Gasteiger partial charge is 0.186 e. The molecule has 3 heteroatoms. The van der Waals surface area contributed by atoms with Gasteiger partial charge in [-0.3, -0.25) is 0 Å². The maximum absolute atomic E-state index is 5.97. The lowest BCUT2D eigenvalue weighted by molar-refractivity contribution is 0.298. The zero-order chi connectivity index (χ0) is 10.2. The van der Waals surface area contributed by atoms with Crippen molar-refractivity contribution in [1.29, 1.82) is 0 Å². The number of halogens is 1. The predicted octanol–water partition coefficient (Wildman–Crippen LogP) is 4.22. The largest absolute Gasteiger partial charge is 0.417 e. The normalized spacial score (nSPS) is 12.0. The van der Waals surface area contributed by atoms with Crippen LogP contribution in [0.4, 0.5) is 0 Å². The van der Waals surface area contributed by atoms with Crippen LogP contribution in [0.3, 0.4) is 0 Å². The lowest BCUT2D eigenvalue weighted by Crippen LogP contribution is -2.30. The summed E-state index contributed by atoms with van der Waals surface area (Å²) < 4.78 is 7.23. The van der Waals surface area contributed by atoms with Crippen LogP contribution in [0.5, 0.6) is 0 Å². The van der Waals surface area contributed by atoms with Crippen molar-refractivity contribution in [2.24, 2.45) is 0 Å². The molecular weight excluding hydrogens is 291 g/mol. The Bertz CT molecular complexity index is 117. The Labute approximate surface area is 97.9 Å². The van der Waals surface area contributed by atoms with E-state index in [0.29, 0.717) is 0 Å². The summed E-state index contributed by atoms with van der Waals surface area (Å²) in [6.45, 7) is 7.92. The molecule has 0 amide bonds. The minimum atomic E-state index is -1.28. The van der Waals surface area contributed by atoms with E-state index in [1.165, 1.54) is 36.2 Å². The van der Waals surface area contributed by atoms with Crippen molar-refractivity contribution in [3.8, 4) is 0 Å². The van der Waals surface area contributed by atoms with Crippen molar-refractivity contribution >= 4 is 30.9 Å². The van der Waals surface area contributed by atoms with E-state index in [-0.39, 0.29) is 0 Å². The molecule has 0 bridgehead atoms. The maximum atomic E-state index is 5.97. The average Bonchev–Trinajstić information content (AvgIpc) is 2.09. The SMILES string of the molecule is CCCC[Si](C)(C)OCCCCI. The van der Waals surface area contributed by atoms with E-state index < -0.39 is 8.32 Å². The quantitative estimate of drug-likeness (QED) is 0.282. The molecule has 0 fully saturated rings. The van der Waals surface area contributed by atoms with Gasteiger partial charge in [0.1, 0.15) is 0 Å². The minimum absolute atomic E-state index is 0.992. The molecule has 0 aromatic carbocycles. The lowest BCUT2D eigenvalue weighted by Gasteiger charge is -2.22. The lowest BCUT2D eigenvalue weighted by atomic mass is 10.4. The van der Waals surface area contributed by atoms with E-state index in [0.717, 1.165) is 6.61 Å². The summed E-state index contributed by atoms with van der Waals surface area (Å²) in [7, 11) is -1.28. The van der Waals surface area contributed by atoms with Gasteiger partial charge in [0.15, 0.2) is 8.32 Å². The third-order valence-electron chi connectivity index (χ3n) is 2.15. The fourth-order valence-corrected chi connectivity index (χ4v) is 3.81. The van der Waals surface area contributed by atoms with Gasteiger partial charge in [-0.05, 0) is 36.4 Å². The van der Waals surface area contributed by atoms with Crippen molar-refractivity contribution in [1.82, 2.24) is 0 Å². The van der Waals surface area contributed by atoms with Gasteiger partial charge < -0.3 is 4.43 Å². The van der Waals surface area contributed by atoms with E-state index >= 15 is 0 Å². The van der Waals surface area contributed by atoms with Crippen LogP contribution in [0.25, 0.3) is 0 Å². The van der Waals surface area contributed by atoms with Crippen LogP contribution in [-0.4, -0.2) is 19.4 Å². The number of rotatable bonds is 8. The molecule has 0 heterocycles. The molecule has 0 aliphatic carbocycles. The van der Waals surface area contributed by atoms with Crippen LogP contribution in [-0.2, 0) is 4.43 Å². The standard InChI is InChI=1S/C10H23IOSi/c1-4-5-10-13(2,3)12-9-7-6-8-11/h4-10H2,1-3H3. The summed E-state index contributed by atoms with van der Waals surface area (Å²) in [6, 6.07) is 1.33. The first-order valence-corrected chi connectivity index (χ1v) is 9.96. The molecule has 80 valence electrons. The molecule has 1 nitrogen and oxygen atoms in total. The molecule has 0 aromatic heterocycles. The predicted molar refractivity (Wildman–Crippen MR) is 71.3 cm³/mol. The number of unbranched alkanes of at least 4 members (excludes halogenated alkanes) is 2. The third kappa shape index (κ3) is 9.22. The van der Waals surface area contributed by atoms with Crippen molar-refractivity contribution < 1.29 is 4.43 Å². The van der Waals surface area contributed by atoms with Gasteiger partial charge in [0, 0.05) is 6.61 Å². The number of alkyl halides is 1. The summed E-state index contributed by atoms with van der Waals surface area (Å²) >= 11 is 2.43. The van der Waals surface area contributed by atoms with Crippen molar-refractivity contribution in [3.63, 3.8) is 0 Å². The summed E-state index contributed by atoms with van der Waals surface area (Å²) in [5, 5.41) is 0. The first-order chi connectivity index (χ1) is 6.12. The van der Waals surface area contributed by atoms with Crippen LogP contribution in [0.15, 0.2) is 0 Å². The van der Waals surface area contributed by atoms with Crippen LogP contribution >= 0.6 is 22.6 Å². The van der Waals surface area contributed by atoms with Gasteiger partial charge in [0.2, 0.25) is 0 Å². The summed E-state index contributed by atoms with van der Waals surface area (Å²) in [5.41, 5.74) is 0. The molecule has 0 unspecified atom stereocenters. The zero-order valence-corrected chi connectivity index (χ0v) is 12.4. The highest BCUT2D eigenvalue weighted by molar-refractivity contribution is 14.1. The highest BCUT2D eigenvalue weighted by Gasteiger charge is 2.20. The van der Waals surface area contributed by atoms with Gasteiger partial charge in [-0.2, -0.15) is 0 Å². The first kappa shape index (κ1) is 13.9. The Morgan fingerprint density at radius 3 is 2.38 bits per heavy atom. The molecule has 0 radical (unpaired) electrons. The summed E-state index contributed by atoms with van der Waals surface area (Å²) in [4.78, 5) is 0. The van der Waals surface area contributed by atoms with E-state index in [9.17, 15) is 0 Å². The van der Waals surface area contributed by atoms with E-state index in [1.807, 2.05) is 0 Å². The molecule has 0 saturated carbocycles. The summed E-state index contributed by atoms with van der Waals surface area (Å²) in [6.07, 6.45) is 5.18. The molecule has 0 aromatic rings. The van der Waals surface area contributed by atoms with E-state index in [2.05, 4.69) is 42.6 Å². The van der Waals surface area contributed by atoms with Crippen LogP contribution in [0.1, 0.15) is 32.6 Å². The average molecular weight is 314 g/mol. The van der Waals surface area contributed by atoms with E-state index in [4.69, 9.17) is 4.43 Å². The Hall–Kier alpha value is 0.907. The Morgan fingerprint density at radius 2 is 1.85 bits per heavy atom. The molecule has 13 heavy (non-hydrogen) atoms. The molecule has 0 spiro atoms. The highest BCUT2D eigenvalue weighted by Crippen LogP contribution is 2.15. The van der Waals surface area contributed by atoms with Crippen molar-refractivity contribution in [3.05, 3.63) is 0 Å². The van der Waals surface area contributed by atoms with Crippen molar-refractivity contribution in [2.45, 2.75) is 51.7 Å². The minimum Gasteiger partial charge on any atom is -0.417 e. The molecule has 0 aliphatic rings. The number of hydrogen-bond acceptors (Lipinski definition) is 1. The Morgan fingerprint density at radius 1 is 1.15 bits per heavy atom. The molecule has 0 rings (SSSR count). The topological polar surface area (TPSA) is 9.23 Å². The van der Waals surface area contributed by atoms with Gasteiger partial charge in [0.25, 0.3) is 0 Å². The molecule has 0 atom stereocenters. The number of hydrogen-bond donors (Lipinski definition) is 0. The van der Waals surface area contributed by atoms with Crippen LogP contribution in [0.2, 0.25) is 19.1 Å². The zero-order valence-electron chi connectivity index (χ0n) is 9.24. The second kappa shape index (κ2) is 8.23. The molecule has 0 N–H and O–H groups in total.